The van der Waals surface area contributed by atoms with Gasteiger partial charge in [0.25, 0.3) is 11.6 Å². The summed E-state index contributed by atoms with van der Waals surface area (Å²) in [5.41, 5.74) is 3.23. The van der Waals surface area contributed by atoms with Crippen LogP contribution in [0.5, 0.6) is 5.75 Å². The van der Waals surface area contributed by atoms with Crippen LogP contribution in [0.25, 0.3) is 0 Å². The monoisotopic (exact) mass is 328 g/mol. The minimum atomic E-state index is -0.732. The second kappa shape index (κ2) is 7.12. The van der Waals surface area contributed by atoms with Gasteiger partial charge in [0, 0.05) is 17.3 Å². The molecule has 0 heterocycles. The number of hydrogen-bond acceptors (Lipinski definition) is 4. The second-order valence-electron chi connectivity index (χ2n) is 5.72. The molecule has 2 rings (SSSR count). The average Bonchev–Trinajstić information content (AvgIpc) is 2.50. The summed E-state index contributed by atoms with van der Waals surface area (Å²) >= 11 is 0. The number of benzene rings is 2. The molecule has 0 aromatic heterocycles. The molecule has 0 aliphatic carbocycles. The lowest BCUT2D eigenvalue weighted by Gasteiger charge is -2.17. The number of anilines is 1. The van der Waals surface area contributed by atoms with E-state index in [9.17, 15) is 14.9 Å². The molecule has 6 nitrogen and oxygen atoms in total. The molecule has 2 aromatic rings. The first kappa shape index (κ1) is 17.5. The maximum atomic E-state index is 12.3. The number of nitro benzene ring substituents is 1. The summed E-state index contributed by atoms with van der Waals surface area (Å²) in [7, 11) is 0. The molecule has 0 spiro atoms. The Balaban J connectivity index is 2.09. The van der Waals surface area contributed by atoms with Crippen molar-refractivity contribution in [1.82, 2.24) is 0 Å². The summed E-state index contributed by atoms with van der Waals surface area (Å²) in [6, 6.07) is 10.2. The highest BCUT2D eigenvalue weighted by atomic mass is 16.6. The van der Waals surface area contributed by atoms with E-state index in [0.717, 1.165) is 16.8 Å². The zero-order valence-corrected chi connectivity index (χ0v) is 14.1. The van der Waals surface area contributed by atoms with Gasteiger partial charge in [0.05, 0.1) is 4.92 Å². The Morgan fingerprint density at radius 1 is 1.12 bits per heavy atom. The Labute approximate surface area is 140 Å². The van der Waals surface area contributed by atoms with Gasteiger partial charge in [-0.25, -0.2) is 0 Å². The molecule has 0 saturated carbocycles. The van der Waals surface area contributed by atoms with Crippen molar-refractivity contribution in [3.8, 4) is 5.75 Å². The molecule has 24 heavy (non-hydrogen) atoms. The number of carbonyl (C=O) groups excluding carboxylic acids is 1. The number of aryl methyl sites for hydroxylation is 3. The molecule has 1 amide bonds. The molecule has 0 bridgehead atoms. The number of nitro groups is 1. The fourth-order valence-corrected chi connectivity index (χ4v) is 2.40. The number of ether oxygens (including phenoxy) is 1. The van der Waals surface area contributed by atoms with Gasteiger partial charge in [-0.15, -0.1) is 0 Å². The Hall–Kier alpha value is -2.89. The maximum Gasteiger partial charge on any atom is 0.272 e. The third kappa shape index (κ3) is 3.90. The normalized spacial score (nSPS) is 11.7. The number of rotatable bonds is 5. The van der Waals surface area contributed by atoms with Gasteiger partial charge in [-0.05, 0) is 51.0 Å². The highest BCUT2D eigenvalue weighted by Crippen LogP contribution is 2.24. The molecule has 0 aliphatic heterocycles. The van der Waals surface area contributed by atoms with Crippen molar-refractivity contribution in [2.45, 2.75) is 33.8 Å². The maximum absolute atomic E-state index is 12.3. The predicted molar refractivity (Wildman–Crippen MR) is 92.5 cm³/mol. The van der Waals surface area contributed by atoms with Crippen LogP contribution >= 0.6 is 0 Å². The van der Waals surface area contributed by atoms with Crippen molar-refractivity contribution in [3.63, 3.8) is 0 Å². The molecule has 0 unspecified atom stereocenters. The van der Waals surface area contributed by atoms with E-state index in [1.807, 2.05) is 32.0 Å². The molecule has 0 radical (unpaired) electrons. The molecule has 6 heteroatoms. The summed E-state index contributed by atoms with van der Waals surface area (Å²) < 4.78 is 5.61. The Morgan fingerprint density at radius 2 is 1.75 bits per heavy atom. The Bertz CT molecular complexity index is 766. The number of para-hydroxylation sites is 1. The highest BCUT2D eigenvalue weighted by molar-refractivity contribution is 5.95. The van der Waals surface area contributed by atoms with E-state index in [0.29, 0.717) is 11.3 Å². The van der Waals surface area contributed by atoms with Crippen LogP contribution in [0.4, 0.5) is 11.4 Å². The lowest BCUT2D eigenvalue weighted by molar-refractivity contribution is -0.385. The van der Waals surface area contributed by atoms with Crippen LogP contribution in [0.1, 0.15) is 23.6 Å². The molecule has 1 N–H and O–H groups in total. The van der Waals surface area contributed by atoms with Crippen molar-refractivity contribution >= 4 is 17.3 Å². The van der Waals surface area contributed by atoms with E-state index in [2.05, 4.69) is 5.32 Å². The SMILES string of the molecule is Cc1cc(O[C@H](C)C(=O)Nc2c(C)cccc2C)ccc1[N+](=O)[O-]. The number of amides is 1. The summed E-state index contributed by atoms with van der Waals surface area (Å²) in [5.74, 6) is 0.144. The average molecular weight is 328 g/mol. The van der Waals surface area contributed by atoms with Gasteiger partial charge in [-0.2, -0.15) is 0 Å². The van der Waals surface area contributed by atoms with Gasteiger partial charge in [0.2, 0.25) is 0 Å². The fraction of sp³-hybridized carbons (Fsp3) is 0.278. The zero-order valence-electron chi connectivity index (χ0n) is 14.1. The Kier molecular flexibility index (Phi) is 5.18. The van der Waals surface area contributed by atoms with Crippen LogP contribution in [-0.4, -0.2) is 16.9 Å². The highest BCUT2D eigenvalue weighted by Gasteiger charge is 2.18. The lowest BCUT2D eigenvalue weighted by Crippen LogP contribution is -2.30. The van der Waals surface area contributed by atoms with Gasteiger partial charge < -0.3 is 10.1 Å². The minimum absolute atomic E-state index is 0.0231. The topological polar surface area (TPSA) is 81.5 Å². The van der Waals surface area contributed by atoms with E-state index in [1.54, 1.807) is 19.9 Å². The van der Waals surface area contributed by atoms with Gasteiger partial charge in [-0.3, -0.25) is 14.9 Å². The molecule has 0 fully saturated rings. The quantitative estimate of drug-likeness (QED) is 0.666. The molecular weight excluding hydrogens is 308 g/mol. The summed E-state index contributed by atoms with van der Waals surface area (Å²) in [6.45, 7) is 7.12. The van der Waals surface area contributed by atoms with E-state index >= 15 is 0 Å². The molecule has 0 saturated heterocycles. The first-order valence-electron chi connectivity index (χ1n) is 7.58. The third-order valence-corrected chi connectivity index (χ3v) is 3.78. The van der Waals surface area contributed by atoms with Crippen LogP contribution in [0, 0.1) is 30.9 Å². The summed E-state index contributed by atoms with van der Waals surface area (Å²) in [5, 5.41) is 13.7. The molecule has 2 aromatic carbocycles. The largest absolute Gasteiger partial charge is 0.481 e. The van der Waals surface area contributed by atoms with E-state index in [-0.39, 0.29) is 11.6 Å². The number of nitrogens with zero attached hydrogens (tertiary/aromatic N) is 1. The zero-order chi connectivity index (χ0) is 17.9. The van der Waals surface area contributed by atoms with Crippen molar-refractivity contribution in [2.75, 3.05) is 5.32 Å². The first-order chi connectivity index (χ1) is 11.3. The van der Waals surface area contributed by atoms with Crippen molar-refractivity contribution < 1.29 is 14.5 Å². The molecule has 126 valence electrons. The summed E-state index contributed by atoms with van der Waals surface area (Å²) in [6.07, 6.45) is -0.732. The number of carbonyl (C=O) groups is 1. The van der Waals surface area contributed by atoms with E-state index in [4.69, 9.17) is 4.74 Å². The predicted octanol–water partition coefficient (Wildman–Crippen LogP) is 3.93. The van der Waals surface area contributed by atoms with Crippen LogP contribution in [0.3, 0.4) is 0 Å². The van der Waals surface area contributed by atoms with Crippen LogP contribution < -0.4 is 10.1 Å². The van der Waals surface area contributed by atoms with Crippen molar-refractivity contribution in [1.29, 1.82) is 0 Å². The van der Waals surface area contributed by atoms with Gasteiger partial charge >= 0.3 is 0 Å². The van der Waals surface area contributed by atoms with Gasteiger partial charge in [-0.1, -0.05) is 18.2 Å². The van der Waals surface area contributed by atoms with Crippen molar-refractivity contribution in [2.24, 2.45) is 0 Å². The number of hydrogen-bond donors (Lipinski definition) is 1. The molecular formula is C18H20N2O4. The lowest BCUT2D eigenvalue weighted by atomic mass is 10.1. The smallest absolute Gasteiger partial charge is 0.272 e. The van der Waals surface area contributed by atoms with Crippen LogP contribution in [0.15, 0.2) is 36.4 Å². The summed E-state index contributed by atoms with van der Waals surface area (Å²) in [4.78, 5) is 22.7. The van der Waals surface area contributed by atoms with Gasteiger partial charge in [0.1, 0.15) is 5.75 Å². The Morgan fingerprint density at radius 3 is 2.29 bits per heavy atom. The standard InChI is InChI=1S/C18H20N2O4/c1-11-6-5-7-12(2)17(11)19-18(21)14(4)24-15-8-9-16(20(22)23)13(3)10-15/h5-10,14H,1-4H3,(H,19,21)/t14-/m1/s1. The fourth-order valence-electron chi connectivity index (χ4n) is 2.40. The van der Waals surface area contributed by atoms with Crippen LogP contribution in [-0.2, 0) is 4.79 Å². The van der Waals surface area contributed by atoms with Crippen LogP contribution in [0.2, 0.25) is 0 Å². The second-order valence-corrected chi connectivity index (χ2v) is 5.72. The van der Waals surface area contributed by atoms with Crippen molar-refractivity contribution in [3.05, 3.63) is 63.2 Å². The third-order valence-electron chi connectivity index (χ3n) is 3.78. The molecule has 0 aliphatic rings. The first-order valence-corrected chi connectivity index (χ1v) is 7.58. The van der Waals surface area contributed by atoms with E-state index in [1.165, 1.54) is 12.1 Å². The van der Waals surface area contributed by atoms with Gasteiger partial charge in [0.15, 0.2) is 6.10 Å². The number of nitrogens with one attached hydrogen (secondary N) is 1. The minimum Gasteiger partial charge on any atom is -0.481 e. The van der Waals surface area contributed by atoms with E-state index < -0.39 is 11.0 Å². The molecule has 1 atom stereocenters.